The van der Waals surface area contributed by atoms with Crippen LogP contribution in [0.15, 0.2) is 12.7 Å². The summed E-state index contributed by atoms with van der Waals surface area (Å²) in [5, 5.41) is 0.892. The molecule has 1 atom stereocenters. The first-order valence-corrected chi connectivity index (χ1v) is 5.79. The van der Waals surface area contributed by atoms with E-state index in [1.807, 2.05) is 7.05 Å². The minimum Gasteiger partial charge on any atom is -0.354 e. The topological polar surface area (TPSA) is 57.7 Å². The number of anilines is 1. The lowest BCUT2D eigenvalue weighted by Crippen LogP contribution is -2.31. The molecule has 2 aromatic heterocycles. The fraction of sp³-hybridized carbons (Fsp3) is 0.444. The first-order valence-electron chi connectivity index (χ1n) is 4.67. The van der Waals surface area contributed by atoms with Gasteiger partial charge in [-0.1, -0.05) is 15.9 Å². The van der Waals surface area contributed by atoms with Crippen molar-refractivity contribution in [3.63, 3.8) is 0 Å². The molecule has 5 nitrogen and oxygen atoms in total. The summed E-state index contributed by atoms with van der Waals surface area (Å²) in [5.41, 5.74) is 1.58. The molecule has 0 aromatic carbocycles. The van der Waals surface area contributed by atoms with Gasteiger partial charge >= 0.3 is 0 Å². The van der Waals surface area contributed by atoms with Crippen LogP contribution in [-0.4, -0.2) is 38.4 Å². The average Bonchev–Trinajstić information content (AvgIpc) is 2.74. The van der Waals surface area contributed by atoms with Crippen LogP contribution < -0.4 is 4.90 Å². The maximum atomic E-state index is 4.27. The number of aromatic nitrogens is 4. The zero-order valence-corrected chi connectivity index (χ0v) is 10.2. The SMILES string of the molecule is CC(CBr)N(C)c1ncnc2nc[nH]c12. The molecule has 0 spiro atoms. The zero-order valence-electron chi connectivity index (χ0n) is 8.61. The number of hydrogen-bond acceptors (Lipinski definition) is 4. The van der Waals surface area contributed by atoms with Gasteiger partial charge in [0.05, 0.1) is 6.33 Å². The van der Waals surface area contributed by atoms with E-state index in [1.165, 1.54) is 6.33 Å². The van der Waals surface area contributed by atoms with Crippen molar-refractivity contribution in [1.82, 2.24) is 19.9 Å². The van der Waals surface area contributed by atoms with Gasteiger partial charge in [-0.05, 0) is 6.92 Å². The third-order valence-corrected chi connectivity index (χ3v) is 3.36. The Morgan fingerprint density at radius 2 is 2.27 bits per heavy atom. The van der Waals surface area contributed by atoms with Crippen LogP contribution in [0, 0.1) is 0 Å². The Hall–Kier alpha value is -1.17. The van der Waals surface area contributed by atoms with Gasteiger partial charge in [-0.15, -0.1) is 0 Å². The van der Waals surface area contributed by atoms with Crippen LogP contribution in [0.2, 0.25) is 0 Å². The van der Waals surface area contributed by atoms with Crippen LogP contribution in [-0.2, 0) is 0 Å². The van der Waals surface area contributed by atoms with Crippen molar-refractivity contribution in [1.29, 1.82) is 0 Å². The third-order valence-electron chi connectivity index (χ3n) is 2.42. The third kappa shape index (κ3) is 1.81. The molecule has 0 saturated carbocycles. The van der Waals surface area contributed by atoms with E-state index in [9.17, 15) is 0 Å². The summed E-state index contributed by atoms with van der Waals surface area (Å²) in [6.07, 6.45) is 3.17. The number of alkyl halides is 1. The van der Waals surface area contributed by atoms with E-state index in [1.54, 1.807) is 6.33 Å². The molecule has 0 bridgehead atoms. The second kappa shape index (κ2) is 4.14. The standard InChI is InChI=1S/C9H12BrN5/c1-6(3-10)15(2)9-7-8(12-4-11-7)13-5-14-9/h4-6H,3H2,1-2H3,(H,11,12,13,14). The summed E-state index contributed by atoms with van der Waals surface area (Å²) in [6.45, 7) is 2.12. The van der Waals surface area contributed by atoms with E-state index in [-0.39, 0.29) is 0 Å². The Balaban J connectivity index is 2.46. The highest BCUT2D eigenvalue weighted by atomic mass is 79.9. The molecule has 1 N–H and O–H groups in total. The smallest absolute Gasteiger partial charge is 0.182 e. The number of nitrogens with one attached hydrogen (secondary N) is 1. The molecule has 1 unspecified atom stereocenters. The van der Waals surface area contributed by atoms with Gasteiger partial charge in [0.1, 0.15) is 11.8 Å². The highest BCUT2D eigenvalue weighted by molar-refractivity contribution is 9.09. The van der Waals surface area contributed by atoms with Crippen LogP contribution in [0.3, 0.4) is 0 Å². The number of rotatable bonds is 3. The number of fused-ring (bicyclic) bond motifs is 1. The van der Waals surface area contributed by atoms with Gasteiger partial charge in [-0.2, -0.15) is 0 Å². The van der Waals surface area contributed by atoms with Crippen LogP contribution in [0.1, 0.15) is 6.92 Å². The minimum atomic E-state index is 0.367. The lowest BCUT2D eigenvalue weighted by molar-refractivity contribution is 0.758. The first-order chi connectivity index (χ1) is 7.24. The van der Waals surface area contributed by atoms with Crippen molar-refractivity contribution >= 4 is 32.9 Å². The van der Waals surface area contributed by atoms with Crippen LogP contribution in [0.4, 0.5) is 5.82 Å². The first kappa shape index (κ1) is 10.4. The number of aromatic amines is 1. The Morgan fingerprint density at radius 3 is 3.00 bits per heavy atom. The number of H-pyrrole nitrogens is 1. The van der Waals surface area contributed by atoms with Crippen LogP contribution in [0.5, 0.6) is 0 Å². The summed E-state index contributed by atoms with van der Waals surface area (Å²) in [7, 11) is 2.01. The van der Waals surface area contributed by atoms with Crippen LogP contribution in [0.25, 0.3) is 11.2 Å². The van der Waals surface area contributed by atoms with Crippen molar-refractivity contribution in [3.05, 3.63) is 12.7 Å². The normalized spacial score (nSPS) is 13.0. The maximum absolute atomic E-state index is 4.27. The molecule has 0 fully saturated rings. The largest absolute Gasteiger partial charge is 0.354 e. The average molecular weight is 270 g/mol. The maximum Gasteiger partial charge on any atom is 0.182 e. The van der Waals surface area contributed by atoms with Gasteiger partial charge in [0, 0.05) is 18.4 Å². The molecule has 0 radical (unpaired) electrons. The summed E-state index contributed by atoms with van der Waals surface area (Å²) in [4.78, 5) is 17.6. The highest BCUT2D eigenvalue weighted by Gasteiger charge is 2.14. The van der Waals surface area contributed by atoms with Gasteiger partial charge in [-0.3, -0.25) is 0 Å². The number of nitrogens with zero attached hydrogens (tertiary/aromatic N) is 4. The second-order valence-corrected chi connectivity index (χ2v) is 4.06. The summed E-state index contributed by atoms with van der Waals surface area (Å²) in [6, 6.07) is 0.367. The molecule has 0 aliphatic carbocycles. The lowest BCUT2D eigenvalue weighted by atomic mass is 10.3. The molecule has 2 heterocycles. The van der Waals surface area contributed by atoms with Crippen molar-refractivity contribution in [2.24, 2.45) is 0 Å². The molecule has 0 saturated heterocycles. The molecule has 0 aliphatic rings. The number of halogens is 1. The van der Waals surface area contributed by atoms with E-state index < -0.39 is 0 Å². The quantitative estimate of drug-likeness (QED) is 0.860. The number of hydrogen-bond donors (Lipinski definition) is 1. The van der Waals surface area contributed by atoms with E-state index in [0.29, 0.717) is 11.7 Å². The van der Waals surface area contributed by atoms with Crippen molar-refractivity contribution in [3.8, 4) is 0 Å². The molecule has 0 aliphatic heterocycles. The van der Waals surface area contributed by atoms with Gasteiger partial charge in [0.15, 0.2) is 11.5 Å². The van der Waals surface area contributed by atoms with E-state index >= 15 is 0 Å². The van der Waals surface area contributed by atoms with Crippen molar-refractivity contribution in [2.45, 2.75) is 13.0 Å². The second-order valence-electron chi connectivity index (χ2n) is 3.41. The Labute approximate surface area is 96.1 Å². The molecule has 2 rings (SSSR count). The van der Waals surface area contributed by atoms with Crippen LogP contribution >= 0.6 is 15.9 Å². The molecule has 0 amide bonds. The molecular formula is C9H12BrN5. The predicted molar refractivity (Wildman–Crippen MR) is 63.3 cm³/mol. The van der Waals surface area contributed by atoms with Gasteiger partial charge in [-0.25, -0.2) is 15.0 Å². The highest BCUT2D eigenvalue weighted by Crippen LogP contribution is 2.20. The summed E-state index contributed by atoms with van der Waals surface area (Å²) < 4.78 is 0. The Kier molecular flexibility index (Phi) is 2.86. The molecule has 6 heteroatoms. The Morgan fingerprint density at radius 1 is 1.47 bits per heavy atom. The fourth-order valence-electron chi connectivity index (χ4n) is 1.33. The molecule has 15 heavy (non-hydrogen) atoms. The van der Waals surface area contributed by atoms with E-state index in [4.69, 9.17) is 0 Å². The molecular weight excluding hydrogens is 258 g/mol. The monoisotopic (exact) mass is 269 g/mol. The number of imidazole rings is 1. The van der Waals surface area contributed by atoms with Crippen molar-refractivity contribution < 1.29 is 0 Å². The van der Waals surface area contributed by atoms with Gasteiger partial charge < -0.3 is 9.88 Å². The van der Waals surface area contributed by atoms with E-state index in [0.717, 1.165) is 16.7 Å². The summed E-state index contributed by atoms with van der Waals surface area (Å²) in [5.74, 6) is 0.879. The van der Waals surface area contributed by atoms with E-state index in [2.05, 4.69) is 47.7 Å². The minimum absolute atomic E-state index is 0.367. The van der Waals surface area contributed by atoms with Gasteiger partial charge in [0.2, 0.25) is 0 Å². The predicted octanol–water partition coefficient (Wildman–Crippen LogP) is 1.57. The van der Waals surface area contributed by atoms with Gasteiger partial charge in [0.25, 0.3) is 0 Å². The Bertz CT molecular complexity index is 454. The lowest BCUT2D eigenvalue weighted by Gasteiger charge is -2.24. The van der Waals surface area contributed by atoms with Crippen molar-refractivity contribution in [2.75, 3.05) is 17.3 Å². The molecule has 80 valence electrons. The summed E-state index contributed by atoms with van der Waals surface area (Å²) >= 11 is 3.46. The zero-order chi connectivity index (χ0) is 10.8. The molecule has 2 aromatic rings. The fourth-order valence-corrected chi connectivity index (χ4v) is 1.77.